The number of hydrogen-bond donors (Lipinski definition) is 0. The Morgan fingerprint density at radius 1 is 1.12 bits per heavy atom. The van der Waals surface area contributed by atoms with Crippen molar-refractivity contribution in [3.8, 4) is 0 Å². The minimum atomic E-state index is -2.27. The van der Waals surface area contributed by atoms with Crippen LogP contribution in [0.15, 0.2) is 0 Å². The molecule has 0 aliphatic carbocycles. The molecule has 0 bridgehead atoms. The molecule has 0 heterocycles. The predicted octanol–water partition coefficient (Wildman–Crippen LogP) is -1.31. The van der Waals surface area contributed by atoms with E-state index in [4.69, 9.17) is 5.63 Å². The first kappa shape index (κ1) is 11.7. The Hall–Kier alpha value is 0.948. The molecule has 0 aromatic rings. The van der Waals surface area contributed by atoms with Gasteiger partial charge in [0.1, 0.15) is 0 Å². The van der Waals surface area contributed by atoms with Crippen molar-refractivity contribution in [3.63, 3.8) is 0 Å². The van der Waals surface area contributed by atoms with Crippen molar-refractivity contribution in [2.75, 3.05) is 0 Å². The summed E-state index contributed by atoms with van der Waals surface area (Å²) in [6.07, 6.45) is 0. The molecule has 0 radical (unpaired) electrons. The number of hydrogen-bond acceptors (Lipinski definition) is 5. The van der Waals surface area contributed by atoms with Crippen LogP contribution in [0.2, 0.25) is 0 Å². The fourth-order valence-corrected chi connectivity index (χ4v) is 0.204. The van der Waals surface area contributed by atoms with Crippen LogP contribution in [-0.4, -0.2) is 31.0 Å². The molecular weight excluding hydrogens is 225 g/mol. The van der Waals surface area contributed by atoms with E-state index in [-0.39, 0.29) is 0 Å². The predicted molar refractivity (Wildman–Crippen MR) is 15.3 cm³/mol. The Labute approximate surface area is 69.8 Å². The zero-order valence-corrected chi connectivity index (χ0v) is 8.46. The van der Waals surface area contributed by atoms with Crippen LogP contribution in [0.3, 0.4) is 0 Å². The van der Waals surface area contributed by atoms with Crippen molar-refractivity contribution in [2.24, 2.45) is 0 Å². The van der Waals surface area contributed by atoms with E-state index in [1.807, 2.05) is 0 Å². The van der Waals surface area contributed by atoms with Gasteiger partial charge in [-0.3, -0.25) is 0 Å². The molecule has 0 unspecified atom stereocenters. The average molecular weight is 225 g/mol. The Kier molecular flexibility index (Phi) is 22.9. The van der Waals surface area contributed by atoms with Gasteiger partial charge in [0.25, 0.3) is 0 Å². The zero-order valence-electron chi connectivity index (χ0n) is 3.70. The van der Waals surface area contributed by atoms with Crippen LogP contribution in [0, 0.1) is 0 Å². The minimum absolute atomic E-state index is 1.24. The van der Waals surface area contributed by atoms with Crippen molar-refractivity contribution < 1.29 is 39.3 Å². The van der Waals surface area contributed by atoms with Gasteiger partial charge in [0.05, 0.1) is 0 Å². The van der Waals surface area contributed by atoms with Gasteiger partial charge in [-0.25, -0.2) is 0 Å². The van der Waals surface area contributed by atoms with Crippen molar-refractivity contribution >= 4 is 31.0 Å². The second kappa shape index (κ2) is 15.7. The van der Waals surface area contributed by atoms with Gasteiger partial charge in [-0.2, -0.15) is 0 Å². The summed E-state index contributed by atoms with van der Waals surface area (Å²) in [5, 5.41) is 0. The summed E-state index contributed by atoms with van der Waals surface area (Å²) in [6, 6.07) is 0. The molecule has 0 rings (SSSR count). The number of rotatable bonds is 2. The molecule has 0 aliphatic heterocycles. The van der Waals surface area contributed by atoms with Gasteiger partial charge in [-0.1, -0.05) is 0 Å². The summed E-state index contributed by atoms with van der Waals surface area (Å²) in [5.41, 5.74) is 0. The fourth-order valence-electron chi connectivity index (χ4n) is 0.0227. The van der Waals surface area contributed by atoms with Gasteiger partial charge in [0.2, 0.25) is 0 Å². The van der Waals surface area contributed by atoms with Crippen LogP contribution in [0.5, 0.6) is 0 Å². The molecule has 0 saturated carbocycles. The molecule has 8 heavy (non-hydrogen) atoms. The molecule has 0 atom stereocenters. The van der Waals surface area contributed by atoms with Crippen LogP contribution in [0.4, 0.5) is 0 Å². The SMILES string of the molecule is [O]=[Al][O][Al]=[O].[O]=[Zr]=[O]. The van der Waals surface area contributed by atoms with E-state index in [1.165, 1.54) is 0 Å². The maximum atomic E-state index is 9.21. The van der Waals surface area contributed by atoms with Gasteiger partial charge >= 0.3 is 70.3 Å². The molecule has 0 N–H and O–H groups in total. The van der Waals surface area contributed by atoms with Crippen LogP contribution in [0.25, 0.3) is 0 Å². The third-order valence-electron chi connectivity index (χ3n) is 0.111. The van der Waals surface area contributed by atoms with Crippen LogP contribution >= 0.6 is 0 Å². The zero-order chi connectivity index (χ0) is 6.83. The Morgan fingerprint density at radius 3 is 1.38 bits per heavy atom. The fraction of sp³-hybridized carbons (Fsp3) is 0. The van der Waals surface area contributed by atoms with Crippen LogP contribution < -0.4 is 0 Å². The van der Waals surface area contributed by atoms with Crippen molar-refractivity contribution in [2.45, 2.75) is 0 Å². The summed E-state index contributed by atoms with van der Waals surface area (Å²) in [4.78, 5) is 0. The molecule has 0 spiro atoms. The second-order valence-corrected chi connectivity index (χ2v) is 2.30. The van der Waals surface area contributed by atoms with E-state index in [9.17, 15) is 7.61 Å². The maximum absolute atomic E-state index is 9.21. The summed E-state index contributed by atoms with van der Waals surface area (Å²) < 4.78 is 39.4. The first-order valence-electron chi connectivity index (χ1n) is 1.35. The van der Waals surface area contributed by atoms with Crippen molar-refractivity contribution in [3.05, 3.63) is 0 Å². The molecule has 0 aromatic carbocycles. The molecule has 0 fully saturated rings. The van der Waals surface area contributed by atoms with Gasteiger partial charge in [0, 0.05) is 0 Å². The Morgan fingerprint density at radius 2 is 1.38 bits per heavy atom. The van der Waals surface area contributed by atoms with E-state index in [2.05, 4.69) is 2.84 Å². The van der Waals surface area contributed by atoms with Crippen LogP contribution in [0.1, 0.15) is 0 Å². The molecule has 40 valence electrons. The molecule has 0 amide bonds. The van der Waals surface area contributed by atoms with Gasteiger partial charge in [-0.15, -0.1) is 0 Å². The third-order valence-corrected chi connectivity index (χ3v) is 1.00. The van der Waals surface area contributed by atoms with E-state index in [0.29, 0.717) is 0 Å². The Balaban J connectivity index is 0. The average Bonchev–Trinajstić information content (AvgIpc) is 1.71. The normalized spacial score (nSPS) is 3.50. The monoisotopic (exact) mass is 224 g/mol. The van der Waals surface area contributed by atoms with E-state index >= 15 is 0 Å². The van der Waals surface area contributed by atoms with E-state index in [0.717, 1.165) is 0 Å². The molecule has 8 heteroatoms. The molecular formula is Al2O5Zr. The van der Waals surface area contributed by atoms with Crippen molar-refractivity contribution in [1.29, 1.82) is 0 Å². The molecule has 0 aliphatic rings. The summed E-state index contributed by atoms with van der Waals surface area (Å²) in [5.74, 6) is 0. The topological polar surface area (TPSA) is 77.5 Å². The van der Waals surface area contributed by atoms with Gasteiger partial charge < -0.3 is 0 Å². The molecule has 0 aromatic heterocycles. The second-order valence-electron chi connectivity index (χ2n) is 0.412. The summed E-state index contributed by atoms with van der Waals surface area (Å²) in [6.45, 7) is 0. The van der Waals surface area contributed by atoms with E-state index < -0.39 is 54.2 Å². The van der Waals surface area contributed by atoms with Gasteiger partial charge in [-0.05, 0) is 0 Å². The molecule has 0 saturated heterocycles. The first-order chi connectivity index (χ1) is 3.83. The molecule has 5 nitrogen and oxygen atoms in total. The van der Waals surface area contributed by atoms with E-state index in [1.54, 1.807) is 0 Å². The standard InChI is InChI=1S/2Al.5O.Zr. The first-order valence-corrected chi connectivity index (χ1v) is 5.24. The van der Waals surface area contributed by atoms with Gasteiger partial charge in [0.15, 0.2) is 0 Å². The summed E-state index contributed by atoms with van der Waals surface area (Å²) in [7, 11) is 0. The quantitative estimate of drug-likeness (QED) is 0.545. The third kappa shape index (κ3) is 28.3. The van der Waals surface area contributed by atoms with Crippen LogP contribution in [-0.2, 0) is 39.3 Å². The Bertz CT molecular complexity index is 86.6. The summed E-state index contributed by atoms with van der Waals surface area (Å²) >= 11 is -4.75. The van der Waals surface area contributed by atoms with Crippen molar-refractivity contribution in [1.82, 2.24) is 0 Å².